The molecule has 3 heteroatoms. The molecule has 1 aromatic heterocycles. The Morgan fingerprint density at radius 1 is 1.45 bits per heavy atom. The van der Waals surface area contributed by atoms with Crippen molar-refractivity contribution in [3.05, 3.63) is 17.5 Å². The summed E-state index contributed by atoms with van der Waals surface area (Å²) in [6.07, 6.45) is 2.04. The van der Waals surface area contributed by atoms with Gasteiger partial charge in [0.25, 0.3) is 0 Å². The summed E-state index contributed by atoms with van der Waals surface area (Å²) in [5.74, 6) is 1.13. The summed E-state index contributed by atoms with van der Waals surface area (Å²) in [7, 11) is 0. The smallest absolute Gasteiger partial charge is 0.0598 e. The van der Waals surface area contributed by atoms with Gasteiger partial charge in [-0.1, -0.05) is 6.07 Å². The molecular formula is C8H12OS2. The molecule has 11 heavy (non-hydrogen) atoms. The summed E-state index contributed by atoms with van der Waals surface area (Å²) in [6.45, 7) is 0.324. The van der Waals surface area contributed by atoms with Crippen molar-refractivity contribution >= 4 is 23.1 Å². The highest BCUT2D eigenvalue weighted by molar-refractivity contribution is 8.01. The van der Waals surface area contributed by atoms with E-state index in [0.717, 1.165) is 18.6 Å². The third-order valence-corrected chi connectivity index (χ3v) is 3.51. The molecule has 0 spiro atoms. The van der Waals surface area contributed by atoms with Crippen LogP contribution in [0.1, 0.15) is 12.8 Å². The van der Waals surface area contributed by atoms with Gasteiger partial charge in [0.15, 0.2) is 0 Å². The lowest BCUT2D eigenvalue weighted by atomic mass is 10.4. The van der Waals surface area contributed by atoms with E-state index in [0.29, 0.717) is 6.61 Å². The van der Waals surface area contributed by atoms with Crippen LogP contribution in [0.4, 0.5) is 0 Å². The van der Waals surface area contributed by atoms with Crippen LogP contribution in [0.5, 0.6) is 0 Å². The molecule has 1 nitrogen and oxygen atoms in total. The SMILES string of the molecule is OCCCCSc1cccs1. The van der Waals surface area contributed by atoms with Crippen molar-refractivity contribution in [1.29, 1.82) is 0 Å². The molecular weight excluding hydrogens is 176 g/mol. The fourth-order valence-corrected chi connectivity index (χ4v) is 2.59. The molecule has 0 bridgehead atoms. The molecule has 0 amide bonds. The maximum atomic E-state index is 8.52. The van der Waals surface area contributed by atoms with Crippen LogP contribution in [0.3, 0.4) is 0 Å². The van der Waals surface area contributed by atoms with Gasteiger partial charge >= 0.3 is 0 Å². The average molecular weight is 188 g/mol. The molecule has 0 saturated carbocycles. The van der Waals surface area contributed by atoms with Gasteiger partial charge in [0.1, 0.15) is 0 Å². The first-order valence-electron chi connectivity index (χ1n) is 3.70. The van der Waals surface area contributed by atoms with Gasteiger partial charge < -0.3 is 5.11 Å². The molecule has 0 aliphatic heterocycles. The van der Waals surface area contributed by atoms with Gasteiger partial charge in [0.2, 0.25) is 0 Å². The Kier molecular flexibility index (Phi) is 4.66. The fraction of sp³-hybridized carbons (Fsp3) is 0.500. The van der Waals surface area contributed by atoms with E-state index in [9.17, 15) is 0 Å². The van der Waals surface area contributed by atoms with E-state index in [1.165, 1.54) is 4.21 Å². The fourth-order valence-electron chi connectivity index (χ4n) is 0.732. The minimum atomic E-state index is 0.324. The van der Waals surface area contributed by atoms with Gasteiger partial charge in [-0.3, -0.25) is 0 Å². The van der Waals surface area contributed by atoms with Crippen molar-refractivity contribution in [2.24, 2.45) is 0 Å². The van der Waals surface area contributed by atoms with Crippen LogP contribution < -0.4 is 0 Å². The van der Waals surface area contributed by atoms with Crippen LogP contribution in [-0.2, 0) is 0 Å². The van der Waals surface area contributed by atoms with E-state index >= 15 is 0 Å². The Morgan fingerprint density at radius 3 is 3.00 bits per heavy atom. The van der Waals surface area contributed by atoms with Crippen LogP contribution in [-0.4, -0.2) is 17.5 Å². The number of aliphatic hydroxyl groups excluding tert-OH is 1. The lowest BCUT2D eigenvalue weighted by Gasteiger charge is -1.95. The zero-order chi connectivity index (χ0) is 7.94. The lowest BCUT2D eigenvalue weighted by Crippen LogP contribution is -1.84. The van der Waals surface area contributed by atoms with Crippen molar-refractivity contribution in [3.8, 4) is 0 Å². The standard InChI is InChI=1S/C8H12OS2/c9-5-1-2-6-10-8-4-3-7-11-8/h3-4,7,9H,1-2,5-6H2. The Balaban J connectivity index is 2.04. The summed E-state index contributed by atoms with van der Waals surface area (Å²) in [4.78, 5) is 0. The summed E-state index contributed by atoms with van der Waals surface area (Å²) in [5, 5.41) is 10.6. The largest absolute Gasteiger partial charge is 0.396 e. The highest BCUT2D eigenvalue weighted by atomic mass is 32.2. The van der Waals surface area contributed by atoms with Gasteiger partial charge in [0.05, 0.1) is 4.21 Å². The van der Waals surface area contributed by atoms with Gasteiger partial charge in [-0.2, -0.15) is 0 Å². The van der Waals surface area contributed by atoms with Crippen molar-refractivity contribution in [3.63, 3.8) is 0 Å². The van der Waals surface area contributed by atoms with Crippen molar-refractivity contribution in [2.45, 2.75) is 17.1 Å². The monoisotopic (exact) mass is 188 g/mol. The molecule has 0 radical (unpaired) electrons. The molecule has 1 aromatic rings. The van der Waals surface area contributed by atoms with Gasteiger partial charge in [-0.15, -0.1) is 23.1 Å². The molecule has 0 saturated heterocycles. The molecule has 0 atom stereocenters. The normalized spacial score (nSPS) is 10.3. The first kappa shape index (κ1) is 9.10. The van der Waals surface area contributed by atoms with Crippen LogP contribution in [0.2, 0.25) is 0 Å². The molecule has 1 N–H and O–H groups in total. The lowest BCUT2D eigenvalue weighted by molar-refractivity contribution is 0.287. The highest BCUT2D eigenvalue weighted by Gasteiger charge is 1.93. The second-order valence-corrected chi connectivity index (χ2v) is 4.55. The number of hydrogen-bond donors (Lipinski definition) is 1. The van der Waals surface area contributed by atoms with E-state index in [4.69, 9.17) is 5.11 Å². The van der Waals surface area contributed by atoms with E-state index in [-0.39, 0.29) is 0 Å². The Morgan fingerprint density at radius 2 is 2.36 bits per heavy atom. The van der Waals surface area contributed by atoms with Gasteiger partial charge in [0, 0.05) is 6.61 Å². The molecule has 0 aliphatic rings. The van der Waals surface area contributed by atoms with Crippen LogP contribution in [0.15, 0.2) is 21.7 Å². The third-order valence-electron chi connectivity index (χ3n) is 1.29. The topological polar surface area (TPSA) is 20.2 Å². The summed E-state index contributed by atoms with van der Waals surface area (Å²) in [6, 6.07) is 4.20. The van der Waals surface area contributed by atoms with E-state index in [2.05, 4.69) is 17.5 Å². The number of aliphatic hydroxyl groups is 1. The van der Waals surface area contributed by atoms with Crippen molar-refractivity contribution in [2.75, 3.05) is 12.4 Å². The van der Waals surface area contributed by atoms with Crippen LogP contribution in [0, 0.1) is 0 Å². The molecule has 0 aromatic carbocycles. The van der Waals surface area contributed by atoms with Crippen molar-refractivity contribution in [1.82, 2.24) is 0 Å². The number of thioether (sulfide) groups is 1. The van der Waals surface area contributed by atoms with Crippen molar-refractivity contribution < 1.29 is 5.11 Å². The summed E-state index contributed by atoms with van der Waals surface area (Å²) >= 11 is 3.66. The average Bonchev–Trinajstić information content (AvgIpc) is 2.50. The first-order chi connectivity index (χ1) is 5.43. The van der Waals surface area contributed by atoms with Gasteiger partial charge in [-0.25, -0.2) is 0 Å². The third kappa shape index (κ3) is 3.79. The number of unbranched alkanes of at least 4 members (excludes halogenated alkanes) is 1. The Labute approximate surface area is 75.4 Å². The number of rotatable bonds is 5. The summed E-state index contributed by atoms with van der Waals surface area (Å²) < 4.78 is 1.38. The van der Waals surface area contributed by atoms with Crippen LogP contribution >= 0.6 is 23.1 Å². The van der Waals surface area contributed by atoms with Crippen LogP contribution in [0.25, 0.3) is 0 Å². The Bertz CT molecular complexity index is 172. The molecule has 0 fully saturated rings. The number of hydrogen-bond acceptors (Lipinski definition) is 3. The molecule has 0 aliphatic carbocycles. The predicted molar refractivity (Wildman–Crippen MR) is 51.4 cm³/mol. The second kappa shape index (κ2) is 5.63. The molecule has 0 unspecified atom stereocenters. The summed E-state index contributed by atoms with van der Waals surface area (Å²) in [5.41, 5.74) is 0. The Hall–Kier alpha value is 0.01000. The maximum absolute atomic E-state index is 8.52. The van der Waals surface area contributed by atoms with E-state index in [1.807, 2.05) is 11.8 Å². The maximum Gasteiger partial charge on any atom is 0.0598 e. The quantitative estimate of drug-likeness (QED) is 0.566. The minimum Gasteiger partial charge on any atom is -0.396 e. The van der Waals surface area contributed by atoms with E-state index in [1.54, 1.807) is 11.3 Å². The zero-order valence-corrected chi connectivity index (χ0v) is 7.96. The molecule has 1 rings (SSSR count). The zero-order valence-electron chi connectivity index (χ0n) is 6.32. The highest BCUT2D eigenvalue weighted by Crippen LogP contribution is 2.23. The van der Waals surface area contributed by atoms with Gasteiger partial charge in [-0.05, 0) is 30.0 Å². The van der Waals surface area contributed by atoms with E-state index < -0.39 is 0 Å². The number of thiophene rings is 1. The minimum absolute atomic E-state index is 0.324. The second-order valence-electron chi connectivity index (χ2n) is 2.21. The first-order valence-corrected chi connectivity index (χ1v) is 5.57. The molecule has 1 heterocycles. The molecule has 62 valence electrons. The predicted octanol–water partition coefficient (Wildman–Crippen LogP) is 2.61.